The lowest BCUT2D eigenvalue weighted by Crippen LogP contribution is -2.47. The lowest BCUT2D eigenvalue weighted by Gasteiger charge is -2.41. The number of rotatable bonds is 3. The van der Waals surface area contributed by atoms with Gasteiger partial charge < -0.3 is 14.6 Å². The van der Waals surface area contributed by atoms with Crippen molar-refractivity contribution in [1.82, 2.24) is 0 Å². The van der Waals surface area contributed by atoms with E-state index in [-0.39, 0.29) is 5.60 Å². The Hall–Kier alpha value is -0.770. The quantitative estimate of drug-likeness (QED) is 0.926. The second kappa shape index (κ2) is 5.31. The minimum Gasteiger partial charge on any atom is -0.496 e. The number of benzene rings is 1. The summed E-state index contributed by atoms with van der Waals surface area (Å²) < 4.78 is 11.0. The average molecular weight is 285 g/mol. The van der Waals surface area contributed by atoms with Crippen molar-refractivity contribution in [2.45, 2.75) is 44.3 Å². The maximum Gasteiger partial charge on any atom is 0.122 e. The smallest absolute Gasteiger partial charge is 0.122 e. The third-order valence-electron chi connectivity index (χ3n) is 3.58. The molecule has 0 aliphatic carbocycles. The summed E-state index contributed by atoms with van der Waals surface area (Å²) in [6, 6.07) is 5.49. The highest BCUT2D eigenvalue weighted by atomic mass is 35.5. The largest absolute Gasteiger partial charge is 0.496 e. The highest BCUT2D eigenvalue weighted by molar-refractivity contribution is 6.30. The molecular formula is C15H21ClO3. The Labute approximate surface area is 119 Å². The molecule has 1 fully saturated rings. The number of aliphatic hydroxyl groups is 1. The van der Waals surface area contributed by atoms with E-state index in [9.17, 15) is 5.11 Å². The van der Waals surface area contributed by atoms with Crippen LogP contribution in [0, 0.1) is 0 Å². The zero-order chi connectivity index (χ0) is 14.1. The van der Waals surface area contributed by atoms with Gasteiger partial charge in [0.2, 0.25) is 0 Å². The van der Waals surface area contributed by atoms with Crippen molar-refractivity contribution < 1.29 is 14.6 Å². The van der Waals surface area contributed by atoms with Gasteiger partial charge in [-0.05, 0) is 44.0 Å². The van der Waals surface area contributed by atoms with Gasteiger partial charge in [0.05, 0.1) is 24.9 Å². The standard InChI is InChI=1S/C15H21ClO3/c1-14(2)10-15(17,6-7-19-14)9-11-8-12(16)4-5-13(11)18-3/h4-5,8,17H,6-7,9-10H2,1-3H3. The van der Waals surface area contributed by atoms with E-state index >= 15 is 0 Å². The van der Waals surface area contributed by atoms with Gasteiger partial charge in [-0.25, -0.2) is 0 Å². The molecule has 1 N–H and O–H groups in total. The van der Waals surface area contributed by atoms with E-state index in [1.54, 1.807) is 13.2 Å². The van der Waals surface area contributed by atoms with Crippen LogP contribution in [0.2, 0.25) is 5.02 Å². The Morgan fingerprint density at radius 2 is 2.16 bits per heavy atom. The van der Waals surface area contributed by atoms with E-state index in [0.717, 1.165) is 11.3 Å². The predicted octanol–water partition coefficient (Wildman–Crippen LogP) is 3.21. The molecule has 1 saturated heterocycles. The number of hydrogen-bond donors (Lipinski definition) is 1. The van der Waals surface area contributed by atoms with Gasteiger partial charge in [-0.2, -0.15) is 0 Å². The molecule has 0 radical (unpaired) electrons. The Balaban J connectivity index is 2.22. The maximum absolute atomic E-state index is 10.8. The molecule has 0 spiro atoms. The number of ether oxygens (including phenoxy) is 2. The molecule has 1 aromatic carbocycles. The summed E-state index contributed by atoms with van der Waals surface area (Å²) in [5, 5.41) is 11.5. The van der Waals surface area contributed by atoms with Gasteiger partial charge in [-0.1, -0.05) is 11.6 Å². The molecule has 2 rings (SSSR count). The topological polar surface area (TPSA) is 38.7 Å². The van der Waals surface area contributed by atoms with Crippen LogP contribution in [0.25, 0.3) is 0 Å². The maximum atomic E-state index is 10.8. The molecule has 0 amide bonds. The zero-order valence-electron chi connectivity index (χ0n) is 11.7. The highest BCUT2D eigenvalue weighted by Gasteiger charge is 2.39. The van der Waals surface area contributed by atoms with E-state index < -0.39 is 5.60 Å². The van der Waals surface area contributed by atoms with Crippen molar-refractivity contribution in [1.29, 1.82) is 0 Å². The van der Waals surface area contributed by atoms with Crippen molar-refractivity contribution >= 4 is 11.6 Å². The lowest BCUT2D eigenvalue weighted by atomic mass is 9.80. The van der Waals surface area contributed by atoms with Gasteiger partial charge in [0.15, 0.2) is 0 Å². The summed E-state index contributed by atoms with van der Waals surface area (Å²) in [6.07, 6.45) is 1.77. The van der Waals surface area contributed by atoms with E-state index in [1.807, 2.05) is 26.0 Å². The summed E-state index contributed by atoms with van der Waals surface area (Å²) >= 11 is 6.03. The first-order chi connectivity index (χ1) is 8.84. The van der Waals surface area contributed by atoms with Gasteiger partial charge in [-0.15, -0.1) is 0 Å². The van der Waals surface area contributed by atoms with Gasteiger partial charge in [0.1, 0.15) is 5.75 Å². The van der Waals surface area contributed by atoms with Crippen molar-refractivity contribution in [2.75, 3.05) is 13.7 Å². The SMILES string of the molecule is COc1ccc(Cl)cc1CC1(O)CCOC(C)(C)C1. The average Bonchev–Trinajstić information content (AvgIpc) is 2.26. The molecule has 1 aliphatic rings. The minimum absolute atomic E-state index is 0.293. The zero-order valence-corrected chi connectivity index (χ0v) is 12.5. The summed E-state index contributed by atoms with van der Waals surface area (Å²) in [4.78, 5) is 0. The van der Waals surface area contributed by atoms with Crippen LogP contribution in [-0.4, -0.2) is 30.0 Å². The predicted molar refractivity (Wildman–Crippen MR) is 75.9 cm³/mol. The molecule has 0 saturated carbocycles. The van der Waals surface area contributed by atoms with Crippen molar-refractivity contribution in [3.8, 4) is 5.75 Å². The van der Waals surface area contributed by atoms with Gasteiger partial charge in [0, 0.05) is 17.9 Å². The molecule has 4 heteroatoms. The van der Waals surface area contributed by atoms with Gasteiger partial charge in [0.25, 0.3) is 0 Å². The Kier molecular flexibility index (Phi) is 4.09. The third-order valence-corrected chi connectivity index (χ3v) is 3.81. The molecule has 1 heterocycles. The molecule has 0 bridgehead atoms. The Morgan fingerprint density at radius 1 is 1.42 bits per heavy atom. The van der Waals surface area contributed by atoms with Crippen LogP contribution in [0.15, 0.2) is 18.2 Å². The summed E-state index contributed by atoms with van der Waals surface area (Å²) in [7, 11) is 1.63. The summed E-state index contributed by atoms with van der Waals surface area (Å²) in [5.41, 5.74) is -0.117. The highest BCUT2D eigenvalue weighted by Crippen LogP contribution is 2.36. The first-order valence-corrected chi connectivity index (χ1v) is 6.90. The van der Waals surface area contributed by atoms with Crippen LogP contribution in [0.5, 0.6) is 5.75 Å². The fraction of sp³-hybridized carbons (Fsp3) is 0.600. The van der Waals surface area contributed by atoms with Crippen LogP contribution < -0.4 is 4.74 Å². The summed E-state index contributed by atoms with van der Waals surface area (Å²) in [6.45, 7) is 4.59. The molecule has 106 valence electrons. The second-order valence-electron chi connectivity index (χ2n) is 5.89. The first-order valence-electron chi connectivity index (χ1n) is 6.52. The number of hydrogen-bond acceptors (Lipinski definition) is 3. The molecule has 1 atom stereocenters. The van der Waals surface area contributed by atoms with Crippen molar-refractivity contribution in [3.63, 3.8) is 0 Å². The fourth-order valence-electron chi connectivity index (χ4n) is 2.84. The van der Waals surface area contributed by atoms with Crippen LogP contribution in [0.3, 0.4) is 0 Å². The van der Waals surface area contributed by atoms with E-state index in [4.69, 9.17) is 21.1 Å². The summed E-state index contributed by atoms with van der Waals surface area (Å²) in [5.74, 6) is 0.766. The van der Waals surface area contributed by atoms with E-state index in [1.165, 1.54) is 0 Å². The molecular weight excluding hydrogens is 264 g/mol. The van der Waals surface area contributed by atoms with Crippen molar-refractivity contribution in [3.05, 3.63) is 28.8 Å². The molecule has 1 aliphatic heterocycles. The number of halogens is 1. The molecule has 0 aromatic heterocycles. The lowest BCUT2D eigenvalue weighted by molar-refractivity contribution is -0.143. The fourth-order valence-corrected chi connectivity index (χ4v) is 3.03. The monoisotopic (exact) mass is 284 g/mol. The molecule has 3 nitrogen and oxygen atoms in total. The Morgan fingerprint density at radius 3 is 2.79 bits per heavy atom. The first kappa shape index (κ1) is 14.6. The minimum atomic E-state index is -0.764. The van der Waals surface area contributed by atoms with Crippen molar-refractivity contribution in [2.24, 2.45) is 0 Å². The van der Waals surface area contributed by atoms with E-state index in [2.05, 4.69) is 0 Å². The van der Waals surface area contributed by atoms with Crippen LogP contribution in [-0.2, 0) is 11.2 Å². The van der Waals surface area contributed by atoms with Crippen LogP contribution in [0.4, 0.5) is 0 Å². The molecule has 1 unspecified atom stereocenters. The molecule has 19 heavy (non-hydrogen) atoms. The third kappa shape index (κ3) is 3.62. The van der Waals surface area contributed by atoms with Gasteiger partial charge >= 0.3 is 0 Å². The number of methoxy groups -OCH3 is 1. The van der Waals surface area contributed by atoms with E-state index in [0.29, 0.717) is 30.9 Å². The second-order valence-corrected chi connectivity index (χ2v) is 6.33. The van der Waals surface area contributed by atoms with Crippen LogP contribution >= 0.6 is 11.6 Å². The van der Waals surface area contributed by atoms with Gasteiger partial charge in [-0.3, -0.25) is 0 Å². The molecule has 1 aromatic rings. The Bertz CT molecular complexity index is 459. The normalized spacial score (nSPS) is 26.2. The van der Waals surface area contributed by atoms with Crippen LogP contribution in [0.1, 0.15) is 32.3 Å².